The number of primary amides is 1. The van der Waals surface area contributed by atoms with Gasteiger partial charge < -0.3 is 16.0 Å². The highest BCUT2D eigenvalue weighted by Gasteiger charge is 2.24. The molecule has 1 fully saturated rings. The average molecular weight is 415 g/mol. The summed E-state index contributed by atoms with van der Waals surface area (Å²) in [6.45, 7) is 2.35. The minimum atomic E-state index is -3.86. The Kier molecular flexibility index (Phi) is 7.90. The van der Waals surface area contributed by atoms with E-state index in [-0.39, 0.29) is 23.3 Å². The molecular weight excluding hydrogens is 387 g/mol. The van der Waals surface area contributed by atoms with Crippen molar-refractivity contribution >= 4 is 21.8 Å². The van der Waals surface area contributed by atoms with Crippen molar-refractivity contribution in [2.24, 2.45) is 11.7 Å². The second-order valence-electron chi connectivity index (χ2n) is 6.96. The van der Waals surface area contributed by atoms with Gasteiger partial charge in [0.1, 0.15) is 5.82 Å². The second kappa shape index (κ2) is 9.94. The number of halogens is 1. The van der Waals surface area contributed by atoms with Gasteiger partial charge in [-0.1, -0.05) is 0 Å². The molecule has 0 saturated carbocycles. The number of hydrogen-bond donors (Lipinski definition) is 2. The lowest BCUT2D eigenvalue weighted by Gasteiger charge is -2.31. The number of piperidine rings is 1. The SMILES string of the molecule is CN(CC(=O)NCCCN1CCCC(C(N)=O)C1)S(=O)(=O)c1ccc(F)cc1. The fraction of sp³-hybridized carbons (Fsp3) is 0.556. The molecule has 0 aromatic heterocycles. The zero-order valence-corrected chi connectivity index (χ0v) is 16.8. The van der Waals surface area contributed by atoms with Crippen LogP contribution >= 0.6 is 0 Å². The van der Waals surface area contributed by atoms with E-state index >= 15 is 0 Å². The molecular formula is C18H27FN4O4S. The van der Waals surface area contributed by atoms with Crippen molar-refractivity contribution in [2.45, 2.75) is 24.2 Å². The molecule has 1 aliphatic heterocycles. The van der Waals surface area contributed by atoms with Crippen molar-refractivity contribution in [3.8, 4) is 0 Å². The van der Waals surface area contributed by atoms with Gasteiger partial charge in [-0.05, 0) is 56.6 Å². The Morgan fingerprint density at radius 3 is 2.64 bits per heavy atom. The summed E-state index contributed by atoms with van der Waals surface area (Å²) >= 11 is 0. The van der Waals surface area contributed by atoms with Crippen LogP contribution in [0.4, 0.5) is 4.39 Å². The summed E-state index contributed by atoms with van der Waals surface area (Å²) in [4.78, 5) is 25.4. The zero-order chi connectivity index (χ0) is 20.7. The molecule has 1 saturated heterocycles. The topological polar surface area (TPSA) is 113 Å². The molecule has 0 aliphatic carbocycles. The van der Waals surface area contributed by atoms with Crippen molar-refractivity contribution < 1.29 is 22.4 Å². The maximum atomic E-state index is 13.0. The lowest BCUT2D eigenvalue weighted by Crippen LogP contribution is -2.42. The van der Waals surface area contributed by atoms with Crippen LogP contribution in [0.2, 0.25) is 0 Å². The van der Waals surface area contributed by atoms with Crippen LogP contribution in [0.15, 0.2) is 29.2 Å². The molecule has 1 atom stereocenters. The van der Waals surface area contributed by atoms with E-state index in [9.17, 15) is 22.4 Å². The third-order valence-electron chi connectivity index (χ3n) is 4.77. The molecule has 1 unspecified atom stereocenters. The number of benzene rings is 1. The van der Waals surface area contributed by atoms with Crippen LogP contribution in [0.1, 0.15) is 19.3 Å². The van der Waals surface area contributed by atoms with E-state index in [4.69, 9.17) is 5.73 Å². The molecule has 10 heteroatoms. The molecule has 1 heterocycles. The summed E-state index contributed by atoms with van der Waals surface area (Å²) in [5.74, 6) is -1.34. The Morgan fingerprint density at radius 1 is 1.32 bits per heavy atom. The first kappa shape index (κ1) is 22.3. The predicted octanol–water partition coefficient (Wildman–Crippen LogP) is 0.150. The number of sulfonamides is 1. The first-order chi connectivity index (χ1) is 13.2. The largest absolute Gasteiger partial charge is 0.369 e. The van der Waals surface area contributed by atoms with Crippen molar-refractivity contribution in [1.82, 2.24) is 14.5 Å². The van der Waals surface area contributed by atoms with Gasteiger partial charge in [-0.3, -0.25) is 9.59 Å². The van der Waals surface area contributed by atoms with Gasteiger partial charge in [0.2, 0.25) is 21.8 Å². The van der Waals surface area contributed by atoms with Crippen LogP contribution in [0.25, 0.3) is 0 Å². The van der Waals surface area contributed by atoms with Crippen molar-refractivity contribution in [1.29, 1.82) is 0 Å². The molecule has 8 nitrogen and oxygen atoms in total. The van der Waals surface area contributed by atoms with Crippen molar-refractivity contribution in [2.75, 3.05) is 39.8 Å². The minimum Gasteiger partial charge on any atom is -0.369 e. The standard InChI is InChI=1S/C18H27FN4O4S/c1-22(28(26,27)16-7-5-15(19)6-8-16)13-17(24)21-9-3-11-23-10-2-4-14(12-23)18(20)25/h5-8,14H,2-4,9-13H2,1H3,(H2,20,25)(H,21,24). The number of likely N-dealkylation sites (tertiary alicyclic amines) is 1. The molecule has 2 rings (SSSR count). The average Bonchev–Trinajstić information content (AvgIpc) is 2.65. The zero-order valence-electron chi connectivity index (χ0n) is 15.9. The Balaban J connectivity index is 1.73. The van der Waals surface area contributed by atoms with Gasteiger partial charge in [-0.25, -0.2) is 12.8 Å². The maximum Gasteiger partial charge on any atom is 0.243 e. The van der Waals surface area contributed by atoms with E-state index in [0.717, 1.165) is 54.5 Å². The number of carbonyl (C=O) groups is 2. The molecule has 0 spiro atoms. The number of hydrogen-bond acceptors (Lipinski definition) is 5. The third kappa shape index (κ3) is 6.25. The molecule has 1 aliphatic rings. The van der Waals surface area contributed by atoms with Gasteiger partial charge in [-0.2, -0.15) is 4.31 Å². The summed E-state index contributed by atoms with van der Waals surface area (Å²) in [5, 5.41) is 2.70. The van der Waals surface area contributed by atoms with Gasteiger partial charge in [0, 0.05) is 20.1 Å². The van der Waals surface area contributed by atoms with Gasteiger partial charge >= 0.3 is 0 Å². The molecule has 1 aromatic carbocycles. The van der Waals surface area contributed by atoms with Gasteiger partial charge in [0.25, 0.3) is 0 Å². The molecule has 0 radical (unpaired) electrons. The minimum absolute atomic E-state index is 0.0710. The van der Waals surface area contributed by atoms with E-state index in [0.29, 0.717) is 19.5 Å². The monoisotopic (exact) mass is 414 g/mol. The van der Waals surface area contributed by atoms with Crippen LogP contribution in [-0.2, 0) is 19.6 Å². The first-order valence-electron chi connectivity index (χ1n) is 9.20. The summed E-state index contributed by atoms with van der Waals surface area (Å²) in [5.41, 5.74) is 5.36. The Morgan fingerprint density at radius 2 is 2.00 bits per heavy atom. The molecule has 156 valence electrons. The molecule has 28 heavy (non-hydrogen) atoms. The van der Waals surface area contributed by atoms with Crippen molar-refractivity contribution in [3.05, 3.63) is 30.1 Å². The highest BCUT2D eigenvalue weighted by Crippen LogP contribution is 2.16. The Hall–Kier alpha value is -2.04. The van der Waals surface area contributed by atoms with E-state index in [1.54, 1.807) is 0 Å². The maximum absolute atomic E-state index is 13.0. The quantitative estimate of drug-likeness (QED) is 0.559. The summed E-state index contributed by atoms with van der Waals surface area (Å²) in [7, 11) is -2.56. The summed E-state index contributed by atoms with van der Waals surface area (Å²) in [6.07, 6.45) is 2.43. The van der Waals surface area contributed by atoms with Crippen LogP contribution in [0, 0.1) is 11.7 Å². The number of likely N-dealkylation sites (N-methyl/N-ethyl adjacent to an activating group) is 1. The van der Waals surface area contributed by atoms with Gasteiger partial charge in [0.05, 0.1) is 17.4 Å². The highest BCUT2D eigenvalue weighted by molar-refractivity contribution is 7.89. The molecule has 0 bridgehead atoms. The molecule has 2 amide bonds. The Bertz CT molecular complexity index is 785. The first-order valence-corrected chi connectivity index (χ1v) is 10.6. The number of nitrogens with one attached hydrogen (secondary N) is 1. The normalized spacial score (nSPS) is 18.2. The van der Waals surface area contributed by atoms with Crippen LogP contribution < -0.4 is 11.1 Å². The number of nitrogens with zero attached hydrogens (tertiary/aromatic N) is 2. The van der Waals surface area contributed by atoms with E-state index < -0.39 is 21.7 Å². The lowest BCUT2D eigenvalue weighted by molar-refractivity contribution is -0.123. The smallest absolute Gasteiger partial charge is 0.243 e. The van der Waals surface area contributed by atoms with E-state index in [1.807, 2.05) is 0 Å². The number of nitrogens with two attached hydrogens (primary N) is 1. The van der Waals surface area contributed by atoms with Gasteiger partial charge in [-0.15, -0.1) is 0 Å². The second-order valence-corrected chi connectivity index (χ2v) is 9.01. The Labute approximate surface area is 164 Å². The molecule has 3 N–H and O–H groups in total. The number of rotatable bonds is 9. The van der Waals surface area contributed by atoms with Crippen molar-refractivity contribution in [3.63, 3.8) is 0 Å². The number of carbonyl (C=O) groups excluding carboxylic acids is 2. The fourth-order valence-corrected chi connectivity index (χ4v) is 4.28. The highest BCUT2D eigenvalue weighted by atomic mass is 32.2. The predicted molar refractivity (Wildman–Crippen MR) is 102 cm³/mol. The number of amides is 2. The van der Waals surface area contributed by atoms with Gasteiger partial charge in [0.15, 0.2) is 0 Å². The summed E-state index contributed by atoms with van der Waals surface area (Å²) in [6, 6.07) is 4.45. The van der Waals surface area contributed by atoms with E-state index in [1.165, 1.54) is 7.05 Å². The summed E-state index contributed by atoms with van der Waals surface area (Å²) < 4.78 is 38.6. The third-order valence-corrected chi connectivity index (χ3v) is 6.59. The lowest BCUT2D eigenvalue weighted by atomic mass is 9.97. The van der Waals surface area contributed by atoms with Crippen LogP contribution in [-0.4, -0.2) is 69.2 Å². The van der Waals surface area contributed by atoms with E-state index in [2.05, 4.69) is 10.2 Å². The van der Waals surface area contributed by atoms with Crippen LogP contribution in [0.3, 0.4) is 0 Å². The molecule has 1 aromatic rings. The van der Waals surface area contributed by atoms with Crippen LogP contribution in [0.5, 0.6) is 0 Å². The fourth-order valence-electron chi connectivity index (χ4n) is 3.15.